The van der Waals surface area contributed by atoms with Gasteiger partial charge in [0, 0.05) is 12.6 Å². The minimum atomic E-state index is -4.00. The first-order chi connectivity index (χ1) is 9.90. The maximum atomic E-state index is 12.1. The highest BCUT2D eigenvalue weighted by atomic mass is 32.2. The Morgan fingerprint density at radius 1 is 1.10 bits per heavy atom. The molecule has 21 heavy (non-hydrogen) atoms. The van der Waals surface area contributed by atoms with E-state index in [0.29, 0.717) is 5.56 Å². The van der Waals surface area contributed by atoms with Crippen molar-refractivity contribution in [2.75, 3.05) is 0 Å². The topological polar surface area (TPSA) is 110 Å². The van der Waals surface area contributed by atoms with Crippen LogP contribution in [0.25, 0.3) is 0 Å². The Labute approximate surface area is 121 Å². The molecule has 8 heteroatoms. The summed E-state index contributed by atoms with van der Waals surface area (Å²) in [5, 5.41) is 20.0. The summed E-state index contributed by atoms with van der Waals surface area (Å²) in [6.45, 7) is -0.0331. The number of para-hydroxylation sites is 1. The van der Waals surface area contributed by atoms with Gasteiger partial charge in [-0.1, -0.05) is 24.3 Å². The molecule has 0 aliphatic heterocycles. The molecule has 0 atom stereocenters. The fourth-order valence-electron chi connectivity index (χ4n) is 1.71. The summed E-state index contributed by atoms with van der Waals surface area (Å²) in [4.78, 5) is 9.74. The Morgan fingerprint density at radius 3 is 2.33 bits per heavy atom. The van der Waals surface area contributed by atoms with Crippen molar-refractivity contribution in [3.05, 3.63) is 64.2 Å². The van der Waals surface area contributed by atoms with E-state index in [1.165, 1.54) is 30.3 Å². The molecule has 0 fully saturated rings. The molecule has 110 valence electrons. The number of benzene rings is 2. The van der Waals surface area contributed by atoms with Crippen LogP contribution in [0.15, 0.2) is 53.4 Å². The summed E-state index contributed by atoms with van der Waals surface area (Å²) >= 11 is 0. The summed E-state index contributed by atoms with van der Waals surface area (Å²) in [6, 6.07) is 11.1. The molecule has 0 saturated heterocycles. The van der Waals surface area contributed by atoms with Crippen LogP contribution >= 0.6 is 0 Å². The van der Waals surface area contributed by atoms with Crippen LogP contribution in [-0.4, -0.2) is 18.4 Å². The normalized spacial score (nSPS) is 11.2. The molecule has 0 spiro atoms. The van der Waals surface area contributed by atoms with E-state index in [0.717, 1.165) is 6.07 Å². The van der Waals surface area contributed by atoms with E-state index in [2.05, 4.69) is 4.72 Å². The van der Waals surface area contributed by atoms with Gasteiger partial charge in [-0.15, -0.1) is 0 Å². The number of aromatic hydroxyl groups is 1. The second-order valence-corrected chi connectivity index (χ2v) is 5.95. The predicted octanol–water partition coefficient (Wildman–Crippen LogP) is 1.78. The van der Waals surface area contributed by atoms with Crippen LogP contribution in [0.3, 0.4) is 0 Å². The Kier molecular flexibility index (Phi) is 4.20. The van der Waals surface area contributed by atoms with Crippen molar-refractivity contribution in [1.82, 2.24) is 4.72 Å². The fourth-order valence-corrected chi connectivity index (χ4v) is 2.89. The van der Waals surface area contributed by atoms with Gasteiger partial charge in [0.2, 0.25) is 10.0 Å². The third-order valence-corrected chi connectivity index (χ3v) is 4.20. The smallest absolute Gasteiger partial charge is 0.289 e. The van der Waals surface area contributed by atoms with Gasteiger partial charge in [0.1, 0.15) is 5.75 Å². The van der Waals surface area contributed by atoms with Crippen LogP contribution in [0.2, 0.25) is 0 Å². The highest BCUT2D eigenvalue weighted by Gasteiger charge is 2.24. The van der Waals surface area contributed by atoms with Crippen molar-refractivity contribution in [3.63, 3.8) is 0 Å². The molecule has 2 aromatic rings. The molecule has 2 rings (SSSR count). The zero-order valence-electron chi connectivity index (χ0n) is 10.8. The number of nitrogens with zero attached hydrogens (tertiary/aromatic N) is 1. The lowest BCUT2D eigenvalue weighted by Crippen LogP contribution is -2.24. The van der Waals surface area contributed by atoms with E-state index in [9.17, 15) is 18.5 Å². The third kappa shape index (κ3) is 3.56. The summed E-state index contributed by atoms with van der Waals surface area (Å²) in [7, 11) is -4.00. The van der Waals surface area contributed by atoms with Gasteiger partial charge >= 0.3 is 0 Å². The average Bonchev–Trinajstić information content (AvgIpc) is 2.47. The summed E-state index contributed by atoms with van der Waals surface area (Å²) in [5.41, 5.74) is 0.144. The molecule has 0 heterocycles. The molecule has 2 aromatic carbocycles. The summed E-state index contributed by atoms with van der Waals surface area (Å²) in [6.07, 6.45) is 0. The maximum Gasteiger partial charge on any atom is 0.289 e. The van der Waals surface area contributed by atoms with E-state index in [4.69, 9.17) is 5.11 Å². The molecule has 0 aromatic heterocycles. The molecule has 0 saturated carbocycles. The molecule has 0 amide bonds. The van der Waals surface area contributed by atoms with Crippen LogP contribution in [0, 0.1) is 10.1 Å². The molecule has 0 unspecified atom stereocenters. The highest BCUT2D eigenvalue weighted by molar-refractivity contribution is 7.89. The van der Waals surface area contributed by atoms with E-state index in [-0.39, 0.29) is 17.2 Å². The summed E-state index contributed by atoms with van der Waals surface area (Å²) in [5.74, 6) is 0.0697. The van der Waals surface area contributed by atoms with Crippen LogP contribution < -0.4 is 4.72 Å². The van der Waals surface area contributed by atoms with Crippen molar-refractivity contribution < 1.29 is 18.4 Å². The second kappa shape index (κ2) is 5.90. The molecule has 7 nitrogen and oxygen atoms in total. The monoisotopic (exact) mass is 308 g/mol. The molecular formula is C13H12N2O5S. The average molecular weight is 308 g/mol. The van der Waals surface area contributed by atoms with Crippen molar-refractivity contribution in [1.29, 1.82) is 0 Å². The first kappa shape index (κ1) is 14.9. The minimum Gasteiger partial charge on any atom is -0.508 e. The van der Waals surface area contributed by atoms with Gasteiger partial charge in [-0.25, -0.2) is 13.1 Å². The number of nitro groups is 1. The third-order valence-electron chi connectivity index (χ3n) is 2.75. The standard InChI is InChI=1S/C13H12N2O5S/c16-11-7-5-10(6-8-11)9-14-21(19,20)13-4-2-1-3-12(13)15(17)18/h1-8,14,16H,9H2. The maximum absolute atomic E-state index is 12.1. The Bertz CT molecular complexity index is 756. The number of hydrogen-bond acceptors (Lipinski definition) is 5. The summed E-state index contributed by atoms with van der Waals surface area (Å²) < 4.78 is 26.6. The predicted molar refractivity (Wildman–Crippen MR) is 75.2 cm³/mol. The Hall–Kier alpha value is -2.45. The van der Waals surface area contributed by atoms with Crippen molar-refractivity contribution in [2.45, 2.75) is 11.4 Å². The number of nitro benzene ring substituents is 1. The van der Waals surface area contributed by atoms with Crippen LogP contribution in [0.5, 0.6) is 5.75 Å². The Balaban J connectivity index is 2.23. The van der Waals surface area contributed by atoms with E-state index in [1.54, 1.807) is 12.1 Å². The second-order valence-electron chi connectivity index (χ2n) is 4.22. The lowest BCUT2D eigenvalue weighted by atomic mass is 10.2. The molecule has 2 N–H and O–H groups in total. The number of phenols is 1. The van der Waals surface area contributed by atoms with Crippen molar-refractivity contribution in [2.24, 2.45) is 0 Å². The number of sulfonamides is 1. The zero-order valence-corrected chi connectivity index (χ0v) is 11.6. The molecule has 0 bridgehead atoms. The van der Waals surface area contributed by atoms with Gasteiger partial charge < -0.3 is 5.11 Å². The number of rotatable bonds is 5. The van der Waals surface area contributed by atoms with Crippen LogP contribution in [0.1, 0.15) is 5.56 Å². The molecule has 0 radical (unpaired) electrons. The van der Waals surface area contributed by atoms with Crippen LogP contribution in [0.4, 0.5) is 5.69 Å². The number of phenolic OH excluding ortho intramolecular Hbond substituents is 1. The van der Waals surface area contributed by atoms with Gasteiger partial charge in [-0.3, -0.25) is 10.1 Å². The van der Waals surface area contributed by atoms with E-state index >= 15 is 0 Å². The van der Waals surface area contributed by atoms with Gasteiger partial charge in [-0.05, 0) is 23.8 Å². The SMILES string of the molecule is O=[N+]([O-])c1ccccc1S(=O)(=O)NCc1ccc(O)cc1. The Morgan fingerprint density at radius 2 is 1.71 bits per heavy atom. The lowest BCUT2D eigenvalue weighted by Gasteiger charge is -2.07. The number of nitrogens with one attached hydrogen (secondary N) is 1. The fraction of sp³-hybridized carbons (Fsp3) is 0.0769. The van der Waals surface area contributed by atoms with E-state index < -0.39 is 20.6 Å². The van der Waals surface area contributed by atoms with Gasteiger partial charge in [0.25, 0.3) is 5.69 Å². The lowest BCUT2D eigenvalue weighted by molar-refractivity contribution is -0.387. The van der Waals surface area contributed by atoms with Gasteiger partial charge in [-0.2, -0.15) is 0 Å². The quantitative estimate of drug-likeness (QED) is 0.646. The van der Waals surface area contributed by atoms with Gasteiger partial charge in [0.15, 0.2) is 4.90 Å². The largest absolute Gasteiger partial charge is 0.508 e. The molecular weight excluding hydrogens is 296 g/mol. The number of hydrogen-bond donors (Lipinski definition) is 2. The molecule has 0 aliphatic carbocycles. The first-order valence-electron chi connectivity index (χ1n) is 5.91. The molecule has 0 aliphatic rings. The van der Waals surface area contributed by atoms with Crippen molar-refractivity contribution in [3.8, 4) is 5.75 Å². The van der Waals surface area contributed by atoms with Gasteiger partial charge in [0.05, 0.1) is 4.92 Å². The van der Waals surface area contributed by atoms with E-state index in [1.807, 2.05) is 0 Å². The minimum absolute atomic E-state index is 0.0331. The zero-order chi connectivity index (χ0) is 15.5. The highest BCUT2D eigenvalue weighted by Crippen LogP contribution is 2.22. The first-order valence-corrected chi connectivity index (χ1v) is 7.39. The van der Waals surface area contributed by atoms with Crippen LogP contribution in [-0.2, 0) is 16.6 Å². The van der Waals surface area contributed by atoms with Crippen molar-refractivity contribution >= 4 is 15.7 Å².